The molecule has 4 rings (SSSR count). The van der Waals surface area contributed by atoms with Gasteiger partial charge in [-0.1, -0.05) is 59.6 Å². The number of hydrogen-bond donors (Lipinski definition) is 1. The minimum absolute atomic E-state index is 0.00187. The van der Waals surface area contributed by atoms with Crippen LogP contribution in [0.25, 0.3) is 10.8 Å². The molecule has 6 heteroatoms. The monoisotopic (exact) mass is 426 g/mol. The van der Waals surface area contributed by atoms with E-state index in [1.165, 1.54) is 0 Å². The fourth-order valence-corrected chi connectivity index (χ4v) is 4.24. The highest BCUT2D eigenvalue weighted by atomic mass is 35.5. The SMILES string of the molecule is O=C(Nc1cccc2ccccc12)C1CCN(C(=O)c2ccc(Cl)cc2Cl)CC1. The van der Waals surface area contributed by atoms with Gasteiger partial charge in [0.15, 0.2) is 0 Å². The van der Waals surface area contributed by atoms with Crippen LogP contribution in [0.4, 0.5) is 5.69 Å². The van der Waals surface area contributed by atoms with Gasteiger partial charge < -0.3 is 10.2 Å². The van der Waals surface area contributed by atoms with Crippen molar-refractivity contribution in [3.8, 4) is 0 Å². The zero-order valence-corrected chi connectivity index (χ0v) is 17.2. The van der Waals surface area contributed by atoms with Gasteiger partial charge in [-0.2, -0.15) is 0 Å². The molecule has 0 aromatic heterocycles. The first kappa shape index (κ1) is 19.7. The Morgan fingerprint density at radius 3 is 2.41 bits per heavy atom. The van der Waals surface area contributed by atoms with Crippen molar-refractivity contribution < 1.29 is 9.59 Å². The number of nitrogens with zero attached hydrogens (tertiary/aromatic N) is 1. The van der Waals surface area contributed by atoms with Crippen molar-refractivity contribution in [3.63, 3.8) is 0 Å². The molecule has 0 spiro atoms. The number of carbonyl (C=O) groups excluding carboxylic acids is 2. The number of nitrogens with one attached hydrogen (secondary N) is 1. The normalized spacial score (nSPS) is 14.8. The number of likely N-dealkylation sites (tertiary alicyclic amines) is 1. The molecular formula is C23H20Cl2N2O2. The maximum atomic E-state index is 12.8. The van der Waals surface area contributed by atoms with Gasteiger partial charge in [-0.15, -0.1) is 0 Å². The van der Waals surface area contributed by atoms with Crippen LogP contribution in [0.2, 0.25) is 10.0 Å². The van der Waals surface area contributed by atoms with Crippen molar-refractivity contribution in [2.45, 2.75) is 12.8 Å². The highest BCUT2D eigenvalue weighted by Gasteiger charge is 2.28. The maximum Gasteiger partial charge on any atom is 0.255 e. The molecule has 1 fully saturated rings. The molecule has 29 heavy (non-hydrogen) atoms. The fraction of sp³-hybridized carbons (Fsp3) is 0.217. The first-order valence-electron chi connectivity index (χ1n) is 9.56. The minimum atomic E-state index is -0.126. The van der Waals surface area contributed by atoms with Gasteiger partial charge in [-0.3, -0.25) is 9.59 Å². The third-order valence-electron chi connectivity index (χ3n) is 5.36. The summed E-state index contributed by atoms with van der Waals surface area (Å²) in [5, 5.41) is 6.02. The van der Waals surface area contributed by atoms with Crippen LogP contribution in [0, 0.1) is 5.92 Å². The number of hydrogen-bond acceptors (Lipinski definition) is 2. The standard InChI is InChI=1S/C23H20Cl2N2O2/c24-17-8-9-19(20(25)14-17)23(29)27-12-10-16(11-13-27)22(28)26-21-7-3-5-15-4-1-2-6-18(15)21/h1-9,14,16H,10-13H2,(H,26,28). The van der Waals surface area contributed by atoms with E-state index in [4.69, 9.17) is 23.2 Å². The number of carbonyl (C=O) groups is 2. The molecule has 0 radical (unpaired) electrons. The number of benzene rings is 3. The van der Waals surface area contributed by atoms with E-state index in [2.05, 4.69) is 5.32 Å². The molecule has 1 aliphatic rings. The summed E-state index contributed by atoms with van der Waals surface area (Å²) in [6.07, 6.45) is 1.24. The smallest absolute Gasteiger partial charge is 0.255 e. The third-order valence-corrected chi connectivity index (χ3v) is 5.91. The Labute approximate surface area is 179 Å². The first-order chi connectivity index (χ1) is 14.0. The summed E-state index contributed by atoms with van der Waals surface area (Å²) in [5.74, 6) is -0.253. The Balaban J connectivity index is 1.40. The van der Waals surface area contributed by atoms with Crippen LogP contribution >= 0.6 is 23.2 Å². The van der Waals surface area contributed by atoms with E-state index in [-0.39, 0.29) is 17.7 Å². The van der Waals surface area contributed by atoms with Crippen molar-refractivity contribution in [2.75, 3.05) is 18.4 Å². The van der Waals surface area contributed by atoms with Crippen LogP contribution in [0.3, 0.4) is 0 Å². The van der Waals surface area contributed by atoms with Gasteiger partial charge in [0.2, 0.25) is 5.91 Å². The molecule has 2 amide bonds. The number of rotatable bonds is 3. The second kappa shape index (κ2) is 8.44. The van der Waals surface area contributed by atoms with Gasteiger partial charge in [0.1, 0.15) is 0 Å². The van der Waals surface area contributed by atoms with Crippen LogP contribution in [0.5, 0.6) is 0 Å². The summed E-state index contributed by atoms with van der Waals surface area (Å²) in [7, 11) is 0. The molecule has 1 N–H and O–H groups in total. The van der Waals surface area contributed by atoms with Crippen molar-refractivity contribution in [1.29, 1.82) is 0 Å². The molecule has 3 aromatic rings. The lowest BCUT2D eigenvalue weighted by Crippen LogP contribution is -2.41. The van der Waals surface area contributed by atoms with Crippen LogP contribution in [-0.4, -0.2) is 29.8 Å². The second-order valence-corrected chi connectivity index (χ2v) is 8.05. The van der Waals surface area contributed by atoms with Crippen LogP contribution in [0.15, 0.2) is 60.7 Å². The number of fused-ring (bicyclic) bond motifs is 1. The topological polar surface area (TPSA) is 49.4 Å². The molecule has 148 valence electrons. The van der Waals surface area contributed by atoms with Gasteiger partial charge in [0.05, 0.1) is 10.6 Å². The molecule has 0 saturated carbocycles. The molecule has 0 aliphatic carbocycles. The summed E-state index contributed by atoms with van der Waals surface area (Å²) >= 11 is 12.1. The molecule has 1 saturated heterocycles. The number of piperidine rings is 1. The quantitative estimate of drug-likeness (QED) is 0.588. The summed E-state index contributed by atoms with van der Waals surface area (Å²) in [5.41, 5.74) is 1.26. The average Bonchev–Trinajstić information content (AvgIpc) is 2.74. The molecule has 1 heterocycles. The van der Waals surface area contributed by atoms with E-state index < -0.39 is 0 Å². The highest BCUT2D eigenvalue weighted by molar-refractivity contribution is 6.36. The van der Waals surface area contributed by atoms with Gasteiger partial charge in [-0.25, -0.2) is 0 Å². The molecular weight excluding hydrogens is 407 g/mol. The lowest BCUT2D eigenvalue weighted by atomic mass is 9.95. The predicted octanol–water partition coefficient (Wildman–Crippen LogP) is 5.64. The predicted molar refractivity (Wildman–Crippen MR) is 118 cm³/mol. The Hall–Kier alpha value is -2.56. The zero-order valence-electron chi connectivity index (χ0n) is 15.7. The summed E-state index contributed by atoms with van der Waals surface area (Å²) < 4.78 is 0. The Kier molecular flexibility index (Phi) is 5.74. The van der Waals surface area contributed by atoms with Crippen LogP contribution in [-0.2, 0) is 4.79 Å². The van der Waals surface area contributed by atoms with Gasteiger partial charge in [0, 0.05) is 35.1 Å². The summed E-state index contributed by atoms with van der Waals surface area (Å²) in [6, 6.07) is 18.7. The van der Waals surface area contributed by atoms with E-state index in [0.29, 0.717) is 41.5 Å². The van der Waals surface area contributed by atoms with Crippen LogP contribution in [0.1, 0.15) is 23.2 Å². The minimum Gasteiger partial charge on any atom is -0.339 e. The van der Waals surface area contributed by atoms with Crippen molar-refractivity contribution in [1.82, 2.24) is 4.90 Å². The fourth-order valence-electron chi connectivity index (χ4n) is 3.75. The molecule has 1 aliphatic heterocycles. The van der Waals surface area contributed by atoms with E-state index in [0.717, 1.165) is 16.5 Å². The molecule has 4 nitrogen and oxygen atoms in total. The van der Waals surface area contributed by atoms with Crippen molar-refractivity contribution >= 4 is 51.5 Å². The third kappa shape index (κ3) is 4.24. The summed E-state index contributed by atoms with van der Waals surface area (Å²) in [4.78, 5) is 27.3. The lowest BCUT2D eigenvalue weighted by molar-refractivity contribution is -0.121. The number of amides is 2. The maximum absolute atomic E-state index is 12.8. The van der Waals surface area contributed by atoms with Crippen LogP contribution < -0.4 is 5.32 Å². The number of anilines is 1. The lowest BCUT2D eigenvalue weighted by Gasteiger charge is -2.31. The Morgan fingerprint density at radius 1 is 0.931 bits per heavy atom. The largest absolute Gasteiger partial charge is 0.339 e. The van der Waals surface area contributed by atoms with Gasteiger partial charge >= 0.3 is 0 Å². The molecule has 3 aromatic carbocycles. The van der Waals surface area contributed by atoms with E-state index in [1.807, 2.05) is 42.5 Å². The van der Waals surface area contributed by atoms with Crippen molar-refractivity contribution in [3.05, 3.63) is 76.3 Å². The second-order valence-electron chi connectivity index (χ2n) is 7.21. The highest BCUT2D eigenvalue weighted by Crippen LogP contribution is 2.27. The van der Waals surface area contributed by atoms with Crippen molar-refractivity contribution in [2.24, 2.45) is 5.92 Å². The van der Waals surface area contributed by atoms with Gasteiger partial charge in [0.25, 0.3) is 5.91 Å². The molecule has 0 atom stereocenters. The van der Waals surface area contributed by atoms with E-state index in [1.54, 1.807) is 23.1 Å². The van der Waals surface area contributed by atoms with Gasteiger partial charge in [-0.05, 0) is 42.5 Å². The molecule has 0 bridgehead atoms. The van der Waals surface area contributed by atoms with E-state index in [9.17, 15) is 9.59 Å². The Morgan fingerprint density at radius 2 is 1.66 bits per heavy atom. The van der Waals surface area contributed by atoms with E-state index >= 15 is 0 Å². The Bertz CT molecular complexity index is 1070. The summed E-state index contributed by atoms with van der Waals surface area (Å²) in [6.45, 7) is 1.04. The number of halogens is 2. The average molecular weight is 427 g/mol. The zero-order chi connectivity index (χ0) is 20.4. The first-order valence-corrected chi connectivity index (χ1v) is 10.3. The molecule has 0 unspecified atom stereocenters.